The minimum absolute atomic E-state index is 0.0197. The summed E-state index contributed by atoms with van der Waals surface area (Å²) in [4.78, 5) is 14.4. The van der Waals surface area contributed by atoms with E-state index in [1.165, 1.54) is 0 Å². The van der Waals surface area contributed by atoms with Crippen LogP contribution < -0.4 is 11.5 Å². The molecule has 5 heteroatoms. The van der Waals surface area contributed by atoms with Crippen molar-refractivity contribution in [3.8, 4) is 0 Å². The maximum atomic E-state index is 12.6. The van der Waals surface area contributed by atoms with Gasteiger partial charge in [0.2, 0.25) is 5.91 Å². The minimum Gasteiger partial charge on any atom is -0.341 e. The van der Waals surface area contributed by atoms with Gasteiger partial charge in [-0.05, 0) is 30.0 Å². The summed E-state index contributed by atoms with van der Waals surface area (Å²) in [5.41, 5.74) is 13.1. The predicted octanol–water partition coefficient (Wildman–Crippen LogP) is 2.74. The van der Waals surface area contributed by atoms with Crippen LogP contribution in [0.3, 0.4) is 0 Å². The molecule has 1 amide bonds. The largest absolute Gasteiger partial charge is 0.341 e. The number of nitrogens with zero attached hydrogens (tertiary/aromatic N) is 1. The maximum Gasteiger partial charge on any atom is 0.239 e. The van der Waals surface area contributed by atoms with Gasteiger partial charge in [-0.3, -0.25) is 4.79 Å². The molecule has 1 aromatic rings. The second kappa shape index (κ2) is 6.42. The Morgan fingerprint density at radius 1 is 1.26 bits per heavy atom. The first-order valence-corrected chi connectivity index (χ1v) is 8.55. The van der Waals surface area contributed by atoms with Crippen LogP contribution in [0.15, 0.2) is 24.3 Å². The van der Waals surface area contributed by atoms with Crippen LogP contribution in [0.1, 0.15) is 39.7 Å². The van der Waals surface area contributed by atoms with Gasteiger partial charge in [-0.25, -0.2) is 0 Å². The standard InChI is InChI=1S/C18H28ClN3O/c1-12(2)15(20)16(23)22-10-9-18(21,17(3,4)11-22)13-5-7-14(19)8-6-13/h5-8,12,15H,9-11,20-21H2,1-4H3/t15-,18?/m1/s1. The Labute approximate surface area is 144 Å². The maximum absolute atomic E-state index is 12.6. The van der Waals surface area contributed by atoms with Gasteiger partial charge < -0.3 is 16.4 Å². The second-order valence-corrected chi connectivity index (χ2v) is 8.08. The molecule has 1 aliphatic heterocycles. The lowest BCUT2D eigenvalue weighted by molar-refractivity contribution is -0.138. The molecule has 1 fully saturated rings. The first-order chi connectivity index (χ1) is 10.6. The number of amides is 1. The van der Waals surface area contributed by atoms with Crippen molar-refractivity contribution in [1.82, 2.24) is 4.90 Å². The molecular formula is C18H28ClN3O. The number of nitrogens with two attached hydrogens (primary N) is 2. The van der Waals surface area contributed by atoms with Crippen molar-refractivity contribution in [2.45, 2.75) is 45.7 Å². The smallest absolute Gasteiger partial charge is 0.239 e. The molecule has 1 saturated heterocycles. The quantitative estimate of drug-likeness (QED) is 0.890. The Hall–Kier alpha value is -1.10. The molecule has 0 saturated carbocycles. The van der Waals surface area contributed by atoms with Gasteiger partial charge in [0.1, 0.15) is 0 Å². The van der Waals surface area contributed by atoms with Crippen molar-refractivity contribution in [3.05, 3.63) is 34.9 Å². The fourth-order valence-corrected chi connectivity index (χ4v) is 3.44. The van der Waals surface area contributed by atoms with Gasteiger partial charge in [-0.2, -0.15) is 0 Å². The number of hydrogen-bond donors (Lipinski definition) is 2. The predicted molar refractivity (Wildman–Crippen MR) is 95.1 cm³/mol. The molecule has 0 bridgehead atoms. The molecule has 4 nitrogen and oxygen atoms in total. The zero-order valence-electron chi connectivity index (χ0n) is 14.5. The van der Waals surface area contributed by atoms with Gasteiger partial charge in [0.25, 0.3) is 0 Å². The molecular weight excluding hydrogens is 310 g/mol. The van der Waals surface area contributed by atoms with E-state index < -0.39 is 11.6 Å². The normalized spacial score (nSPS) is 25.5. The number of benzene rings is 1. The number of piperidine rings is 1. The number of halogens is 1. The van der Waals surface area contributed by atoms with E-state index in [-0.39, 0.29) is 17.2 Å². The van der Waals surface area contributed by atoms with Crippen LogP contribution in [-0.2, 0) is 10.3 Å². The highest BCUT2D eigenvalue weighted by molar-refractivity contribution is 6.30. The van der Waals surface area contributed by atoms with Crippen LogP contribution in [0.4, 0.5) is 0 Å². The topological polar surface area (TPSA) is 72.4 Å². The number of likely N-dealkylation sites (tertiary alicyclic amines) is 1. The van der Waals surface area contributed by atoms with Gasteiger partial charge in [-0.1, -0.05) is 51.4 Å². The van der Waals surface area contributed by atoms with E-state index in [0.29, 0.717) is 24.5 Å². The molecule has 1 heterocycles. The fraction of sp³-hybridized carbons (Fsp3) is 0.611. The molecule has 1 aromatic carbocycles. The molecule has 4 N–H and O–H groups in total. The van der Waals surface area contributed by atoms with E-state index in [1.807, 2.05) is 43.0 Å². The lowest BCUT2D eigenvalue weighted by Crippen LogP contribution is -2.62. The molecule has 23 heavy (non-hydrogen) atoms. The van der Waals surface area contributed by atoms with Gasteiger partial charge in [0.05, 0.1) is 6.04 Å². The van der Waals surface area contributed by atoms with Crippen molar-refractivity contribution >= 4 is 17.5 Å². The highest BCUT2D eigenvalue weighted by atomic mass is 35.5. The number of hydrogen-bond acceptors (Lipinski definition) is 3. The van der Waals surface area contributed by atoms with Crippen molar-refractivity contribution in [3.63, 3.8) is 0 Å². The summed E-state index contributed by atoms with van der Waals surface area (Å²) < 4.78 is 0. The van der Waals surface area contributed by atoms with Crippen LogP contribution in [0, 0.1) is 11.3 Å². The van der Waals surface area contributed by atoms with Crippen LogP contribution in [0.5, 0.6) is 0 Å². The van der Waals surface area contributed by atoms with Crippen molar-refractivity contribution in [2.75, 3.05) is 13.1 Å². The van der Waals surface area contributed by atoms with Gasteiger partial charge in [0.15, 0.2) is 0 Å². The molecule has 1 aliphatic rings. The Balaban J connectivity index is 2.23. The summed E-state index contributed by atoms with van der Waals surface area (Å²) in [6.45, 7) is 9.40. The fourth-order valence-electron chi connectivity index (χ4n) is 3.31. The van der Waals surface area contributed by atoms with Crippen LogP contribution in [0.2, 0.25) is 5.02 Å². The number of carbonyl (C=O) groups is 1. The molecule has 0 aliphatic carbocycles. The van der Waals surface area contributed by atoms with E-state index >= 15 is 0 Å². The zero-order chi connectivity index (χ0) is 17.4. The summed E-state index contributed by atoms with van der Waals surface area (Å²) in [5.74, 6) is 0.151. The monoisotopic (exact) mass is 337 g/mol. The third-order valence-electron chi connectivity index (χ3n) is 5.24. The number of carbonyl (C=O) groups excluding carboxylic acids is 1. The second-order valence-electron chi connectivity index (χ2n) is 7.64. The molecule has 0 radical (unpaired) electrons. The number of rotatable bonds is 3. The summed E-state index contributed by atoms with van der Waals surface area (Å²) in [6.07, 6.45) is 0.707. The minimum atomic E-state index is -0.490. The Bertz CT molecular complexity index is 570. The summed E-state index contributed by atoms with van der Waals surface area (Å²) >= 11 is 5.99. The van der Waals surface area contributed by atoms with Crippen LogP contribution in [0.25, 0.3) is 0 Å². The third-order valence-corrected chi connectivity index (χ3v) is 5.50. The molecule has 2 rings (SSSR count). The molecule has 0 spiro atoms. The van der Waals surface area contributed by atoms with Crippen molar-refractivity contribution in [1.29, 1.82) is 0 Å². The van der Waals surface area contributed by atoms with Gasteiger partial charge >= 0.3 is 0 Å². The average Bonchev–Trinajstić information content (AvgIpc) is 2.49. The Kier molecular flexibility index (Phi) is 5.09. The van der Waals surface area contributed by atoms with E-state index in [2.05, 4.69) is 13.8 Å². The first kappa shape index (κ1) is 18.2. The van der Waals surface area contributed by atoms with E-state index in [1.54, 1.807) is 0 Å². The first-order valence-electron chi connectivity index (χ1n) is 8.18. The molecule has 2 atom stereocenters. The van der Waals surface area contributed by atoms with Crippen molar-refractivity contribution in [2.24, 2.45) is 22.8 Å². The summed E-state index contributed by atoms with van der Waals surface area (Å²) in [7, 11) is 0. The SMILES string of the molecule is CC(C)[C@@H](N)C(=O)N1CCC(N)(c2ccc(Cl)cc2)C(C)(C)C1. The lowest BCUT2D eigenvalue weighted by atomic mass is 9.64. The Morgan fingerprint density at radius 2 is 1.83 bits per heavy atom. The summed E-state index contributed by atoms with van der Waals surface area (Å²) in [5, 5.41) is 0.700. The van der Waals surface area contributed by atoms with E-state index in [0.717, 1.165) is 5.56 Å². The zero-order valence-corrected chi connectivity index (χ0v) is 15.2. The van der Waals surface area contributed by atoms with Gasteiger partial charge in [0, 0.05) is 29.1 Å². The molecule has 1 unspecified atom stereocenters. The molecule has 128 valence electrons. The molecule has 0 aromatic heterocycles. The average molecular weight is 338 g/mol. The Morgan fingerprint density at radius 3 is 2.30 bits per heavy atom. The van der Waals surface area contributed by atoms with Crippen LogP contribution in [-0.4, -0.2) is 29.9 Å². The lowest BCUT2D eigenvalue weighted by Gasteiger charge is -2.52. The van der Waals surface area contributed by atoms with E-state index in [9.17, 15) is 4.79 Å². The van der Waals surface area contributed by atoms with Crippen molar-refractivity contribution < 1.29 is 4.79 Å². The summed E-state index contributed by atoms with van der Waals surface area (Å²) in [6, 6.07) is 7.26. The van der Waals surface area contributed by atoms with E-state index in [4.69, 9.17) is 23.1 Å². The highest BCUT2D eigenvalue weighted by Gasteiger charge is 2.48. The third kappa shape index (κ3) is 3.39. The van der Waals surface area contributed by atoms with Crippen LogP contribution >= 0.6 is 11.6 Å². The van der Waals surface area contributed by atoms with Gasteiger partial charge in [-0.15, -0.1) is 0 Å². The highest BCUT2D eigenvalue weighted by Crippen LogP contribution is 2.44.